The Bertz CT molecular complexity index is 1110. The van der Waals surface area contributed by atoms with Gasteiger partial charge in [-0.15, -0.1) is 0 Å². The van der Waals surface area contributed by atoms with E-state index in [-0.39, 0.29) is 30.8 Å². The minimum Gasteiger partial charge on any atom is -0.497 e. The number of benzene rings is 2. The van der Waals surface area contributed by atoms with E-state index in [0.29, 0.717) is 30.0 Å². The van der Waals surface area contributed by atoms with Gasteiger partial charge in [0.05, 0.1) is 7.11 Å². The highest BCUT2D eigenvalue weighted by Crippen LogP contribution is 2.28. The maximum Gasteiger partial charge on any atom is 0.319 e. The summed E-state index contributed by atoms with van der Waals surface area (Å²) in [6, 6.07) is 9.78. The molecule has 0 spiro atoms. The molecule has 5 amide bonds. The second-order valence-electron chi connectivity index (χ2n) is 7.88. The van der Waals surface area contributed by atoms with E-state index in [2.05, 4.69) is 16.0 Å². The molecule has 9 heteroatoms. The van der Waals surface area contributed by atoms with Crippen molar-refractivity contribution >= 4 is 29.4 Å². The molecule has 4 rings (SSSR count). The molecule has 2 aliphatic rings. The summed E-state index contributed by atoms with van der Waals surface area (Å²) < 4.78 is 5.19. The molecule has 0 saturated carbocycles. The Kier molecular flexibility index (Phi) is 5.81. The number of anilines is 1. The first-order valence-electron chi connectivity index (χ1n) is 10.3. The lowest BCUT2D eigenvalue weighted by atomic mass is 10.0. The Labute approximate surface area is 185 Å². The zero-order valence-corrected chi connectivity index (χ0v) is 17.9. The van der Waals surface area contributed by atoms with Crippen molar-refractivity contribution in [2.75, 3.05) is 12.4 Å². The van der Waals surface area contributed by atoms with Gasteiger partial charge in [-0.25, -0.2) is 4.79 Å². The first-order chi connectivity index (χ1) is 15.4. The molecule has 2 aromatic rings. The molecule has 1 fully saturated rings. The summed E-state index contributed by atoms with van der Waals surface area (Å²) in [6.07, 6.45) is 0.538. The number of rotatable bonds is 5. The number of nitrogens with zero attached hydrogens (tertiary/aromatic N) is 1. The summed E-state index contributed by atoms with van der Waals surface area (Å²) in [4.78, 5) is 50.2. The highest BCUT2D eigenvalue weighted by atomic mass is 16.5. The number of piperidine rings is 1. The zero-order chi connectivity index (χ0) is 22.8. The second-order valence-corrected chi connectivity index (χ2v) is 7.88. The van der Waals surface area contributed by atoms with Gasteiger partial charge in [0, 0.05) is 36.8 Å². The van der Waals surface area contributed by atoms with Crippen LogP contribution in [-0.4, -0.2) is 41.8 Å². The number of carbonyl (C=O) groups excluding carboxylic acids is 4. The summed E-state index contributed by atoms with van der Waals surface area (Å²) in [5.41, 5.74) is 3.73. The monoisotopic (exact) mass is 436 g/mol. The lowest BCUT2D eigenvalue weighted by Gasteiger charge is -2.29. The van der Waals surface area contributed by atoms with Crippen LogP contribution in [0.5, 0.6) is 5.75 Å². The number of methoxy groups -OCH3 is 1. The topological polar surface area (TPSA) is 117 Å². The summed E-state index contributed by atoms with van der Waals surface area (Å²) in [7, 11) is 1.56. The van der Waals surface area contributed by atoms with Crippen molar-refractivity contribution in [2.24, 2.45) is 0 Å². The van der Waals surface area contributed by atoms with Gasteiger partial charge in [0.1, 0.15) is 11.8 Å². The number of nitrogens with one attached hydrogen (secondary N) is 3. The third-order valence-electron chi connectivity index (χ3n) is 5.73. The van der Waals surface area contributed by atoms with Crippen LogP contribution < -0.4 is 20.7 Å². The molecular formula is C23H24N4O5. The average molecular weight is 436 g/mol. The Morgan fingerprint density at radius 3 is 2.75 bits per heavy atom. The molecule has 32 heavy (non-hydrogen) atoms. The Balaban J connectivity index is 1.39. The first-order valence-corrected chi connectivity index (χ1v) is 10.3. The van der Waals surface area contributed by atoms with Crippen LogP contribution in [0.25, 0.3) is 0 Å². The Morgan fingerprint density at radius 2 is 2.00 bits per heavy atom. The molecule has 0 aliphatic carbocycles. The summed E-state index contributed by atoms with van der Waals surface area (Å²) >= 11 is 0. The number of carbonyl (C=O) groups is 4. The van der Waals surface area contributed by atoms with Gasteiger partial charge >= 0.3 is 6.03 Å². The number of ether oxygens (including phenoxy) is 1. The van der Waals surface area contributed by atoms with Gasteiger partial charge in [-0.05, 0) is 42.2 Å². The first kappa shape index (κ1) is 21.4. The quantitative estimate of drug-likeness (QED) is 0.621. The van der Waals surface area contributed by atoms with Crippen LogP contribution in [0.15, 0.2) is 36.4 Å². The van der Waals surface area contributed by atoms with Crippen LogP contribution in [0.3, 0.4) is 0 Å². The van der Waals surface area contributed by atoms with Crippen molar-refractivity contribution in [1.29, 1.82) is 0 Å². The van der Waals surface area contributed by atoms with Crippen molar-refractivity contribution in [3.05, 3.63) is 58.7 Å². The van der Waals surface area contributed by atoms with Crippen molar-refractivity contribution in [3.63, 3.8) is 0 Å². The fourth-order valence-corrected chi connectivity index (χ4v) is 3.95. The lowest BCUT2D eigenvalue weighted by molar-refractivity contribution is -0.136. The van der Waals surface area contributed by atoms with E-state index in [0.717, 1.165) is 16.7 Å². The molecule has 166 valence electrons. The van der Waals surface area contributed by atoms with E-state index in [1.807, 2.05) is 25.1 Å². The molecular weight excluding hydrogens is 412 g/mol. The van der Waals surface area contributed by atoms with E-state index in [4.69, 9.17) is 4.74 Å². The van der Waals surface area contributed by atoms with E-state index in [1.54, 1.807) is 25.3 Å². The van der Waals surface area contributed by atoms with Crippen molar-refractivity contribution in [1.82, 2.24) is 15.5 Å². The van der Waals surface area contributed by atoms with Crippen molar-refractivity contribution < 1.29 is 23.9 Å². The van der Waals surface area contributed by atoms with Gasteiger partial charge in [0.15, 0.2) is 0 Å². The number of fused-ring (bicyclic) bond motifs is 1. The summed E-state index contributed by atoms with van der Waals surface area (Å²) in [5.74, 6) is -0.324. The normalized spacial score (nSPS) is 17.6. The smallest absolute Gasteiger partial charge is 0.319 e. The van der Waals surface area contributed by atoms with E-state index >= 15 is 0 Å². The van der Waals surface area contributed by atoms with E-state index in [9.17, 15) is 19.2 Å². The molecule has 1 saturated heterocycles. The number of urea groups is 1. The van der Waals surface area contributed by atoms with Crippen LogP contribution in [0.1, 0.15) is 39.9 Å². The van der Waals surface area contributed by atoms with Gasteiger partial charge in [0.2, 0.25) is 11.8 Å². The second kappa shape index (κ2) is 8.70. The van der Waals surface area contributed by atoms with E-state index < -0.39 is 11.9 Å². The molecule has 2 aliphatic heterocycles. The third kappa shape index (κ3) is 4.27. The highest BCUT2D eigenvalue weighted by molar-refractivity contribution is 6.05. The van der Waals surface area contributed by atoms with Crippen LogP contribution in [-0.2, 0) is 22.7 Å². The predicted molar refractivity (Wildman–Crippen MR) is 116 cm³/mol. The Morgan fingerprint density at radius 1 is 1.19 bits per heavy atom. The zero-order valence-electron chi connectivity index (χ0n) is 17.9. The maximum absolute atomic E-state index is 12.8. The molecule has 1 unspecified atom stereocenters. The minimum absolute atomic E-state index is 0.216. The number of amides is 5. The summed E-state index contributed by atoms with van der Waals surface area (Å²) in [5, 5.41) is 7.91. The van der Waals surface area contributed by atoms with Gasteiger partial charge in [-0.2, -0.15) is 0 Å². The molecule has 2 aromatic carbocycles. The highest BCUT2D eigenvalue weighted by Gasteiger charge is 2.39. The van der Waals surface area contributed by atoms with Crippen molar-refractivity contribution in [3.8, 4) is 5.75 Å². The molecule has 2 heterocycles. The number of imide groups is 1. The van der Waals surface area contributed by atoms with Crippen LogP contribution in [0.4, 0.5) is 10.5 Å². The standard InChI is InChI=1S/C23H24N4O5/c1-13-3-5-16(32-2)10-18(13)25-23(31)24-11-14-4-6-17-15(9-14)12-27(22(17)30)19-7-8-20(28)26-21(19)29/h3-6,9-10,19H,7-8,11-12H2,1-2H3,(H2,24,25,31)(H,26,28,29). The van der Waals surface area contributed by atoms with Gasteiger partial charge in [-0.1, -0.05) is 18.2 Å². The van der Waals surface area contributed by atoms with Gasteiger partial charge in [-0.3, -0.25) is 19.7 Å². The molecule has 0 bridgehead atoms. The fourth-order valence-electron chi connectivity index (χ4n) is 3.95. The maximum atomic E-state index is 12.8. The molecule has 3 N–H and O–H groups in total. The number of hydrogen-bond donors (Lipinski definition) is 3. The summed E-state index contributed by atoms with van der Waals surface area (Å²) in [6.45, 7) is 2.46. The number of aryl methyl sites for hydroxylation is 1. The predicted octanol–water partition coefficient (Wildman–Crippen LogP) is 2.09. The SMILES string of the molecule is COc1ccc(C)c(NC(=O)NCc2ccc3c(c2)CN(C2CCC(=O)NC2=O)C3=O)c1. The fraction of sp³-hybridized carbons (Fsp3) is 0.304. The lowest BCUT2D eigenvalue weighted by Crippen LogP contribution is -2.52. The molecule has 1 atom stereocenters. The molecule has 0 aromatic heterocycles. The van der Waals surface area contributed by atoms with Crippen LogP contribution in [0.2, 0.25) is 0 Å². The van der Waals surface area contributed by atoms with E-state index in [1.165, 1.54) is 4.90 Å². The third-order valence-corrected chi connectivity index (χ3v) is 5.73. The molecule has 9 nitrogen and oxygen atoms in total. The molecule has 0 radical (unpaired) electrons. The average Bonchev–Trinajstić information content (AvgIpc) is 3.09. The van der Waals surface area contributed by atoms with Crippen molar-refractivity contribution in [2.45, 2.75) is 38.9 Å². The Hall–Kier alpha value is -3.88. The van der Waals surface area contributed by atoms with Crippen LogP contribution in [0, 0.1) is 6.92 Å². The van der Waals surface area contributed by atoms with Crippen LogP contribution >= 0.6 is 0 Å². The minimum atomic E-state index is -0.647. The van der Waals surface area contributed by atoms with Gasteiger partial charge in [0.25, 0.3) is 5.91 Å². The van der Waals surface area contributed by atoms with Gasteiger partial charge < -0.3 is 20.3 Å². The largest absolute Gasteiger partial charge is 0.497 e. The number of hydrogen-bond acceptors (Lipinski definition) is 5.